The molecule has 140 valence electrons. The second-order valence-electron chi connectivity index (χ2n) is 7.20. The molecule has 0 aromatic heterocycles. The third-order valence-electron chi connectivity index (χ3n) is 5.28. The number of nitrogens with zero attached hydrogens (tertiary/aromatic N) is 1. The average Bonchev–Trinajstić information content (AvgIpc) is 3.08. The maximum atomic E-state index is 12.6. The maximum Gasteiger partial charge on any atom is 0.251 e. The predicted octanol–water partition coefficient (Wildman–Crippen LogP) is 0.418. The van der Waals surface area contributed by atoms with E-state index in [9.17, 15) is 19.5 Å². The van der Waals surface area contributed by atoms with Crippen molar-refractivity contribution in [3.8, 4) is 0 Å². The number of carbonyl (C=O) groups excluding carboxylic acids is 3. The number of piperazine rings is 1. The summed E-state index contributed by atoms with van der Waals surface area (Å²) >= 11 is 0. The first-order valence-corrected chi connectivity index (χ1v) is 9.02. The van der Waals surface area contributed by atoms with Crippen molar-refractivity contribution in [1.29, 1.82) is 0 Å². The molecule has 0 bridgehead atoms. The summed E-state index contributed by atoms with van der Waals surface area (Å²) in [6.45, 7) is 1.73. The van der Waals surface area contributed by atoms with Gasteiger partial charge in [0.2, 0.25) is 11.8 Å². The van der Waals surface area contributed by atoms with Gasteiger partial charge in [-0.2, -0.15) is 0 Å². The molecule has 7 nitrogen and oxygen atoms in total. The van der Waals surface area contributed by atoms with Gasteiger partial charge in [-0.3, -0.25) is 14.4 Å². The molecule has 0 radical (unpaired) electrons. The van der Waals surface area contributed by atoms with Gasteiger partial charge in [0.15, 0.2) is 0 Å². The van der Waals surface area contributed by atoms with Crippen molar-refractivity contribution in [1.82, 2.24) is 15.5 Å². The van der Waals surface area contributed by atoms with Crippen molar-refractivity contribution < 1.29 is 19.5 Å². The Balaban J connectivity index is 1.48. The second kappa shape index (κ2) is 6.66. The van der Waals surface area contributed by atoms with Crippen molar-refractivity contribution in [3.05, 3.63) is 48.0 Å². The third-order valence-corrected chi connectivity index (χ3v) is 5.28. The molecule has 2 saturated heterocycles. The molecule has 27 heavy (non-hydrogen) atoms. The predicted molar refractivity (Wildman–Crippen MR) is 98.9 cm³/mol. The van der Waals surface area contributed by atoms with Crippen molar-refractivity contribution in [2.24, 2.45) is 0 Å². The minimum Gasteiger partial charge on any atom is -0.391 e. The number of carbonyl (C=O) groups is 3. The van der Waals surface area contributed by atoms with Crippen LogP contribution in [0.3, 0.4) is 0 Å². The van der Waals surface area contributed by atoms with Crippen LogP contribution in [0.5, 0.6) is 0 Å². The minimum absolute atomic E-state index is 0.231. The highest BCUT2D eigenvalue weighted by molar-refractivity contribution is 6.00. The van der Waals surface area contributed by atoms with Gasteiger partial charge in [0.25, 0.3) is 5.91 Å². The zero-order valence-electron chi connectivity index (χ0n) is 14.9. The molecule has 7 heteroatoms. The van der Waals surface area contributed by atoms with E-state index in [1.807, 2.05) is 36.4 Å². The van der Waals surface area contributed by atoms with E-state index in [1.165, 1.54) is 11.8 Å². The van der Waals surface area contributed by atoms with Crippen LogP contribution in [0.2, 0.25) is 0 Å². The minimum atomic E-state index is -0.964. The van der Waals surface area contributed by atoms with Gasteiger partial charge in [-0.15, -0.1) is 0 Å². The number of hydrogen-bond donors (Lipinski definition) is 3. The monoisotopic (exact) mass is 367 g/mol. The molecule has 0 unspecified atom stereocenters. The average molecular weight is 367 g/mol. The number of benzene rings is 2. The van der Waals surface area contributed by atoms with Crippen molar-refractivity contribution in [2.45, 2.75) is 37.6 Å². The van der Waals surface area contributed by atoms with Crippen LogP contribution in [-0.2, 0) is 9.59 Å². The Morgan fingerprint density at radius 2 is 1.96 bits per heavy atom. The summed E-state index contributed by atoms with van der Waals surface area (Å²) in [6.07, 6.45) is -0.600. The van der Waals surface area contributed by atoms with Gasteiger partial charge >= 0.3 is 0 Å². The largest absolute Gasteiger partial charge is 0.391 e. The van der Waals surface area contributed by atoms with Crippen molar-refractivity contribution >= 4 is 28.5 Å². The van der Waals surface area contributed by atoms with Gasteiger partial charge in [0, 0.05) is 18.2 Å². The quantitative estimate of drug-likeness (QED) is 0.732. The van der Waals surface area contributed by atoms with Crippen molar-refractivity contribution in [3.63, 3.8) is 0 Å². The van der Waals surface area contributed by atoms with E-state index in [0.29, 0.717) is 12.0 Å². The summed E-state index contributed by atoms with van der Waals surface area (Å²) < 4.78 is 0. The fourth-order valence-electron chi connectivity index (χ4n) is 3.85. The molecule has 3 amide bonds. The van der Waals surface area contributed by atoms with E-state index in [1.54, 1.807) is 6.07 Å². The zero-order valence-corrected chi connectivity index (χ0v) is 14.9. The van der Waals surface area contributed by atoms with Crippen LogP contribution >= 0.6 is 0 Å². The first-order valence-electron chi connectivity index (χ1n) is 9.02. The van der Waals surface area contributed by atoms with Crippen molar-refractivity contribution in [2.75, 3.05) is 6.54 Å². The van der Waals surface area contributed by atoms with Crippen LogP contribution in [0.4, 0.5) is 0 Å². The number of rotatable bonds is 3. The summed E-state index contributed by atoms with van der Waals surface area (Å²) in [5, 5.41) is 17.2. The molecule has 0 spiro atoms. The van der Waals surface area contributed by atoms with Crippen LogP contribution in [-0.4, -0.2) is 58.5 Å². The lowest BCUT2D eigenvalue weighted by Gasteiger charge is -2.35. The zero-order chi connectivity index (χ0) is 19.1. The molecule has 0 saturated carbocycles. The molecule has 3 N–H and O–H groups in total. The molecule has 2 aromatic rings. The van der Waals surface area contributed by atoms with Crippen LogP contribution in [0.15, 0.2) is 42.5 Å². The van der Waals surface area contributed by atoms with Gasteiger partial charge < -0.3 is 20.6 Å². The molecule has 4 rings (SSSR count). The smallest absolute Gasteiger partial charge is 0.251 e. The number of amides is 3. The Labute approximate surface area is 156 Å². The summed E-state index contributed by atoms with van der Waals surface area (Å²) in [7, 11) is 0. The molecular weight excluding hydrogens is 346 g/mol. The fourth-order valence-corrected chi connectivity index (χ4v) is 3.85. The Bertz CT molecular complexity index is 926. The highest BCUT2D eigenvalue weighted by Gasteiger charge is 2.47. The highest BCUT2D eigenvalue weighted by Crippen LogP contribution is 2.24. The second-order valence-corrected chi connectivity index (χ2v) is 7.20. The van der Waals surface area contributed by atoms with E-state index in [2.05, 4.69) is 10.6 Å². The molecule has 2 heterocycles. The van der Waals surface area contributed by atoms with Crippen LogP contribution < -0.4 is 10.6 Å². The van der Waals surface area contributed by atoms with Gasteiger partial charge in [-0.25, -0.2) is 0 Å². The lowest BCUT2D eigenvalue weighted by molar-refractivity contribution is -0.149. The number of hydrogen-bond acceptors (Lipinski definition) is 4. The normalized spacial score (nSPS) is 25.9. The van der Waals surface area contributed by atoms with Crippen LogP contribution in [0.25, 0.3) is 10.8 Å². The number of aliphatic hydroxyl groups excluding tert-OH is 1. The molecule has 2 aliphatic rings. The third kappa shape index (κ3) is 3.14. The molecule has 2 aromatic carbocycles. The topological polar surface area (TPSA) is 98.7 Å². The molecular formula is C20H21N3O4. The van der Waals surface area contributed by atoms with Gasteiger partial charge in [0.05, 0.1) is 6.10 Å². The lowest BCUT2D eigenvalue weighted by atomic mass is 10.0. The van der Waals surface area contributed by atoms with E-state index >= 15 is 0 Å². The van der Waals surface area contributed by atoms with E-state index in [4.69, 9.17) is 0 Å². The van der Waals surface area contributed by atoms with E-state index < -0.39 is 18.2 Å². The van der Waals surface area contributed by atoms with Crippen LogP contribution in [0, 0.1) is 0 Å². The summed E-state index contributed by atoms with van der Waals surface area (Å²) in [5.41, 5.74) is 0.538. The maximum absolute atomic E-state index is 12.6. The molecule has 2 aliphatic heterocycles. The summed E-state index contributed by atoms with van der Waals surface area (Å²) in [4.78, 5) is 38.8. The number of aliphatic hydroxyl groups is 1. The van der Waals surface area contributed by atoms with Gasteiger partial charge in [0.1, 0.15) is 12.1 Å². The first kappa shape index (κ1) is 17.5. The van der Waals surface area contributed by atoms with Gasteiger partial charge in [-0.1, -0.05) is 30.3 Å². The first-order chi connectivity index (χ1) is 12.9. The van der Waals surface area contributed by atoms with Crippen LogP contribution in [0.1, 0.15) is 23.7 Å². The van der Waals surface area contributed by atoms with Gasteiger partial charge in [-0.05, 0) is 36.2 Å². The number of nitrogens with one attached hydrogen (secondary N) is 2. The SMILES string of the molecule is C[C@@H](O)[C@@H]1NC(=O)[C@@H]2C[C@H](NC(=O)c3ccc4ccccc4c3)CN2C1=O. The Morgan fingerprint density at radius 1 is 1.22 bits per heavy atom. The lowest BCUT2D eigenvalue weighted by Crippen LogP contribution is -2.64. The summed E-state index contributed by atoms with van der Waals surface area (Å²) in [5.74, 6) is -0.828. The Kier molecular flexibility index (Phi) is 4.31. The van der Waals surface area contributed by atoms with E-state index in [0.717, 1.165) is 10.8 Å². The molecule has 2 fully saturated rings. The molecule has 0 aliphatic carbocycles. The standard InChI is InChI=1S/C20H21N3O4/c1-11(24)17-20(27)23-10-15(9-16(23)19(26)22-17)21-18(25)14-7-6-12-4-2-3-5-13(12)8-14/h2-8,11,15-17,24H,9-10H2,1H3,(H,21,25)(H,22,26)/t11-,15+,16+,17+/m1/s1. The molecule has 4 atom stereocenters. The Morgan fingerprint density at radius 3 is 2.70 bits per heavy atom. The fraction of sp³-hybridized carbons (Fsp3) is 0.350. The summed E-state index contributed by atoms with van der Waals surface area (Å²) in [6, 6.07) is 11.4. The highest BCUT2D eigenvalue weighted by atomic mass is 16.3. The Hall–Kier alpha value is -2.93. The van der Waals surface area contributed by atoms with E-state index in [-0.39, 0.29) is 30.3 Å². The number of fused-ring (bicyclic) bond motifs is 2.